The number of rotatable bonds is 8. The number of benzene rings is 2. The normalized spacial score (nSPS) is 10.6. The minimum atomic E-state index is -0.554. The number of fused-ring (bicyclic) bond motifs is 1. The number of unbranched alkanes of at least 4 members (excludes halogenated alkanes) is 3. The largest absolute Gasteiger partial charge is 0.494 e. The van der Waals surface area contributed by atoms with Crippen LogP contribution in [0.5, 0.6) is 11.5 Å². The van der Waals surface area contributed by atoms with E-state index in [0.717, 1.165) is 17.6 Å². The van der Waals surface area contributed by atoms with Crippen molar-refractivity contribution in [1.82, 2.24) is 4.98 Å². The summed E-state index contributed by atoms with van der Waals surface area (Å²) < 4.78 is 11.1. The summed E-state index contributed by atoms with van der Waals surface area (Å²) in [6.07, 6.45) is 5.81. The van der Waals surface area contributed by atoms with E-state index >= 15 is 0 Å². The van der Waals surface area contributed by atoms with Crippen LogP contribution in [0, 0.1) is 0 Å². The van der Waals surface area contributed by atoms with Gasteiger partial charge in [0.25, 0.3) is 0 Å². The highest BCUT2D eigenvalue weighted by Crippen LogP contribution is 2.23. The monoisotopic (exact) mass is 364 g/mol. The van der Waals surface area contributed by atoms with Gasteiger partial charge in [0.1, 0.15) is 11.3 Å². The lowest BCUT2D eigenvalue weighted by Gasteiger charge is -2.10. The number of nitrogens with zero attached hydrogens (tertiary/aromatic N) is 1. The Kier molecular flexibility index (Phi) is 6.63. The molecular weight excluding hydrogens is 340 g/mol. The first-order chi connectivity index (χ1) is 13.3. The quantitative estimate of drug-likeness (QED) is 0.513. The van der Waals surface area contributed by atoms with E-state index in [9.17, 15) is 4.79 Å². The number of carbonyl (C=O) groups excluding carboxylic acids is 1. The number of ether oxygens (including phenoxy) is 2. The number of pyridine rings is 1. The van der Waals surface area contributed by atoms with Crippen LogP contribution in [0.25, 0.3) is 10.9 Å². The molecule has 0 spiro atoms. The predicted molar refractivity (Wildman–Crippen MR) is 107 cm³/mol. The van der Waals surface area contributed by atoms with Gasteiger partial charge in [0.2, 0.25) is 0 Å². The molecule has 1 N–H and O–H groups in total. The molecule has 5 heteroatoms. The van der Waals surface area contributed by atoms with Crippen molar-refractivity contribution in [1.29, 1.82) is 0 Å². The average Bonchev–Trinajstić information content (AvgIpc) is 2.69. The molecule has 0 saturated heterocycles. The van der Waals surface area contributed by atoms with E-state index in [4.69, 9.17) is 9.47 Å². The Bertz CT molecular complexity index is 873. The van der Waals surface area contributed by atoms with Gasteiger partial charge in [0.05, 0.1) is 6.61 Å². The summed E-state index contributed by atoms with van der Waals surface area (Å²) in [5, 5.41) is 3.64. The van der Waals surface area contributed by atoms with Crippen molar-refractivity contribution in [3.8, 4) is 11.5 Å². The Balaban J connectivity index is 1.53. The number of hydrogen-bond acceptors (Lipinski definition) is 4. The fourth-order valence-electron chi connectivity index (χ4n) is 2.76. The Morgan fingerprint density at radius 3 is 2.63 bits per heavy atom. The maximum absolute atomic E-state index is 12.2. The Morgan fingerprint density at radius 2 is 1.81 bits per heavy atom. The van der Waals surface area contributed by atoms with Crippen LogP contribution >= 0.6 is 0 Å². The van der Waals surface area contributed by atoms with Gasteiger partial charge in [0.15, 0.2) is 5.75 Å². The first-order valence-corrected chi connectivity index (χ1v) is 9.31. The van der Waals surface area contributed by atoms with Gasteiger partial charge in [-0.15, -0.1) is 0 Å². The molecule has 0 fully saturated rings. The molecule has 0 radical (unpaired) electrons. The lowest BCUT2D eigenvalue weighted by atomic mass is 10.2. The number of hydrogen-bond donors (Lipinski definition) is 1. The Morgan fingerprint density at radius 1 is 1.00 bits per heavy atom. The molecule has 0 bridgehead atoms. The first-order valence-electron chi connectivity index (χ1n) is 9.31. The number of amides is 1. The van der Waals surface area contributed by atoms with E-state index < -0.39 is 6.09 Å². The van der Waals surface area contributed by atoms with E-state index in [2.05, 4.69) is 17.2 Å². The minimum Gasteiger partial charge on any atom is -0.494 e. The highest BCUT2D eigenvalue weighted by atomic mass is 16.6. The van der Waals surface area contributed by atoms with Gasteiger partial charge in [-0.2, -0.15) is 0 Å². The van der Waals surface area contributed by atoms with Crippen LogP contribution in [0.15, 0.2) is 60.8 Å². The van der Waals surface area contributed by atoms with Gasteiger partial charge in [-0.3, -0.25) is 10.3 Å². The van der Waals surface area contributed by atoms with Crippen molar-refractivity contribution in [2.45, 2.75) is 32.6 Å². The fourth-order valence-corrected chi connectivity index (χ4v) is 2.76. The van der Waals surface area contributed by atoms with Gasteiger partial charge in [0, 0.05) is 17.3 Å². The number of aromatic nitrogens is 1. The van der Waals surface area contributed by atoms with Gasteiger partial charge < -0.3 is 9.47 Å². The zero-order valence-corrected chi connectivity index (χ0v) is 15.5. The molecule has 3 aromatic rings. The van der Waals surface area contributed by atoms with Crippen molar-refractivity contribution >= 4 is 22.7 Å². The SMILES string of the molecule is CCCCCCOc1ccc(NC(=O)Oc2cccc3cccnc23)cc1. The van der Waals surface area contributed by atoms with Crippen LogP contribution < -0.4 is 14.8 Å². The topological polar surface area (TPSA) is 60.5 Å². The molecule has 0 saturated carbocycles. The molecular formula is C22H24N2O3. The summed E-state index contributed by atoms with van der Waals surface area (Å²) in [4.78, 5) is 16.5. The lowest BCUT2D eigenvalue weighted by Crippen LogP contribution is -2.16. The van der Waals surface area contributed by atoms with Gasteiger partial charge in [-0.05, 0) is 42.8 Å². The third-order valence-corrected chi connectivity index (χ3v) is 4.17. The van der Waals surface area contributed by atoms with Crippen LogP contribution in [0.4, 0.5) is 10.5 Å². The lowest BCUT2D eigenvalue weighted by molar-refractivity contribution is 0.215. The zero-order valence-electron chi connectivity index (χ0n) is 15.5. The number of para-hydroxylation sites is 1. The minimum absolute atomic E-state index is 0.428. The van der Waals surface area contributed by atoms with Crippen molar-refractivity contribution in [3.63, 3.8) is 0 Å². The van der Waals surface area contributed by atoms with Crippen LogP contribution in [-0.2, 0) is 0 Å². The van der Waals surface area contributed by atoms with Crippen LogP contribution in [-0.4, -0.2) is 17.7 Å². The van der Waals surface area contributed by atoms with Crippen molar-refractivity contribution in [2.75, 3.05) is 11.9 Å². The molecule has 1 amide bonds. The van der Waals surface area contributed by atoms with Gasteiger partial charge >= 0.3 is 6.09 Å². The smallest absolute Gasteiger partial charge is 0.417 e. The second kappa shape index (κ2) is 9.57. The van der Waals surface area contributed by atoms with E-state index in [-0.39, 0.29) is 0 Å². The number of anilines is 1. The predicted octanol–water partition coefficient (Wildman–Crippen LogP) is 5.80. The second-order valence-electron chi connectivity index (χ2n) is 6.28. The van der Waals surface area contributed by atoms with Crippen molar-refractivity contribution in [2.24, 2.45) is 0 Å². The maximum atomic E-state index is 12.2. The molecule has 3 rings (SSSR count). The molecule has 27 heavy (non-hydrogen) atoms. The summed E-state index contributed by atoms with van der Waals surface area (Å²) >= 11 is 0. The summed E-state index contributed by atoms with van der Waals surface area (Å²) in [6, 6.07) is 16.5. The summed E-state index contributed by atoms with van der Waals surface area (Å²) in [6.45, 7) is 2.90. The maximum Gasteiger partial charge on any atom is 0.417 e. The highest BCUT2D eigenvalue weighted by Gasteiger charge is 2.09. The molecule has 0 unspecified atom stereocenters. The van der Waals surface area contributed by atoms with Crippen LogP contribution in [0.3, 0.4) is 0 Å². The number of nitrogens with one attached hydrogen (secondary N) is 1. The molecule has 1 heterocycles. The first kappa shape index (κ1) is 18.7. The molecule has 2 aromatic carbocycles. The summed E-state index contributed by atoms with van der Waals surface area (Å²) in [5.41, 5.74) is 1.30. The van der Waals surface area contributed by atoms with E-state index in [1.54, 1.807) is 24.4 Å². The molecule has 0 aliphatic carbocycles. The standard InChI is InChI=1S/C22H24N2O3/c1-2-3-4-5-16-26-19-13-11-18(12-14-19)24-22(25)27-20-10-6-8-17-9-7-15-23-21(17)20/h6-15H,2-5,16H2,1H3,(H,24,25). The fraction of sp³-hybridized carbons (Fsp3) is 0.273. The van der Waals surface area contributed by atoms with Crippen LogP contribution in [0.2, 0.25) is 0 Å². The van der Waals surface area contributed by atoms with E-state index in [0.29, 0.717) is 23.6 Å². The van der Waals surface area contributed by atoms with Gasteiger partial charge in [-0.1, -0.05) is 44.4 Å². The molecule has 1 aromatic heterocycles. The zero-order chi connectivity index (χ0) is 18.9. The Hall–Kier alpha value is -3.08. The average molecular weight is 364 g/mol. The third kappa shape index (κ3) is 5.45. The second-order valence-corrected chi connectivity index (χ2v) is 6.28. The number of carbonyl (C=O) groups is 1. The summed E-state index contributed by atoms with van der Waals surface area (Å²) in [5.74, 6) is 1.22. The summed E-state index contributed by atoms with van der Waals surface area (Å²) in [7, 11) is 0. The molecule has 5 nitrogen and oxygen atoms in total. The van der Waals surface area contributed by atoms with Crippen molar-refractivity contribution < 1.29 is 14.3 Å². The molecule has 140 valence electrons. The molecule has 0 atom stereocenters. The Labute approximate surface area is 159 Å². The molecule has 0 aliphatic heterocycles. The van der Waals surface area contributed by atoms with E-state index in [1.165, 1.54) is 19.3 Å². The molecule has 0 aliphatic rings. The third-order valence-electron chi connectivity index (χ3n) is 4.17. The van der Waals surface area contributed by atoms with Crippen LogP contribution in [0.1, 0.15) is 32.6 Å². The van der Waals surface area contributed by atoms with E-state index in [1.807, 2.05) is 36.4 Å². The van der Waals surface area contributed by atoms with Crippen molar-refractivity contribution in [3.05, 3.63) is 60.8 Å². The van der Waals surface area contributed by atoms with Gasteiger partial charge in [-0.25, -0.2) is 4.79 Å². The highest BCUT2D eigenvalue weighted by molar-refractivity contribution is 5.91.